The highest BCUT2D eigenvalue weighted by Gasteiger charge is 2.44. The Morgan fingerprint density at radius 2 is 1.95 bits per heavy atom. The van der Waals surface area contributed by atoms with Crippen LogP contribution in [0.3, 0.4) is 0 Å². The molecule has 114 valence electrons. The van der Waals surface area contributed by atoms with Gasteiger partial charge in [0.05, 0.1) is 6.54 Å². The van der Waals surface area contributed by atoms with Gasteiger partial charge in [0.15, 0.2) is 0 Å². The fourth-order valence-electron chi connectivity index (χ4n) is 2.40. The Bertz CT molecular complexity index is 617. The Kier molecular flexibility index (Phi) is 3.83. The summed E-state index contributed by atoms with van der Waals surface area (Å²) in [4.78, 5) is 13.4. The van der Waals surface area contributed by atoms with Crippen LogP contribution in [0.5, 0.6) is 0 Å². The van der Waals surface area contributed by atoms with Gasteiger partial charge in [-0.2, -0.15) is 8.42 Å². The average Bonchev–Trinajstić information content (AvgIpc) is 2.78. The van der Waals surface area contributed by atoms with Gasteiger partial charge in [-0.15, -0.1) is 0 Å². The maximum Gasteiger partial charge on any atom is 0.410 e. The van der Waals surface area contributed by atoms with Gasteiger partial charge in [-0.25, -0.2) is 13.2 Å². The minimum Gasteiger partial charge on any atom is -0.445 e. The first kappa shape index (κ1) is 14.3. The molecule has 2 aliphatic heterocycles. The monoisotopic (exact) mass is 313 g/mol. The summed E-state index contributed by atoms with van der Waals surface area (Å²) >= 11 is 0. The highest BCUT2D eigenvalue weighted by Crippen LogP contribution is 2.27. The molecule has 7 nitrogen and oxygen atoms in total. The number of ether oxygens (including phenoxy) is 1. The Morgan fingerprint density at radius 1 is 1.24 bits per heavy atom. The molecule has 8 heteroatoms. The van der Waals surface area contributed by atoms with Crippen LogP contribution in [-0.4, -0.2) is 44.7 Å². The minimum atomic E-state index is -3.91. The SMILES string of the molecule is O=C(OCc1ccccc1)N1CCC2OS(=O)(=O)OC2C1. The third-order valence-electron chi connectivity index (χ3n) is 3.44. The zero-order valence-corrected chi connectivity index (χ0v) is 12.0. The molecule has 1 amide bonds. The third-order valence-corrected chi connectivity index (χ3v) is 4.41. The number of carbonyl (C=O) groups excluding carboxylic acids is 1. The van der Waals surface area contributed by atoms with Crippen LogP contribution in [0.1, 0.15) is 12.0 Å². The second-order valence-corrected chi connectivity index (χ2v) is 6.15. The van der Waals surface area contributed by atoms with Crippen LogP contribution in [0, 0.1) is 0 Å². The van der Waals surface area contributed by atoms with E-state index in [-0.39, 0.29) is 13.2 Å². The van der Waals surface area contributed by atoms with Crippen molar-refractivity contribution in [2.45, 2.75) is 25.2 Å². The lowest BCUT2D eigenvalue weighted by Crippen LogP contribution is -2.47. The lowest BCUT2D eigenvalue weighted by Gasteiger charge is -2.30. The maximum absolute atomic E-state index is 12.0. The summed E-state index contributed by atoms with van der Waals surface area (Å²) in [5.74, 6) is 0. The summed E-state index contributed by atoms with van der Waals surface area (Å²) in [6.07, 6.45) is -1.23. The molecule has 0 aliphatic carbocycles. The summed E-state index contributed by atoms with van der Waals surface area (Å²) < 4.78 is 37.2. The minimum absolute atomic E-state index is 0.150. The molecule has 2 heterocycles. The van der Waals surface area contributed by atoms with Crippen molar-refractivity contribution in [3.63, 3.8) is 0 Å². The van der Waals surface area contributed by atoms with Crippen LogP contribution < -0.4 is 0 Å². The molecule has 2 saturated heterocycles. The molecule has 0 bridgehead atoms. The fraction of sp³-hybridized carbons (Fsp3) is 0.462. The summed E-state index contributed by atoms with van der Waals surface area (Å²) in [5, 5.41) is 0. The Hall–Kier alpha value is -1.64. The highest BCUT2D eigenvalue weighted by atomic mass is 32.3. The molecule has 0 N–H and O–H groups in total. The van der Waals surface area contributed by atoms with Crippen molar-refractivity contribution in [3.05, 3.63) is 35.9 Å². The van der Waals surface area contributed by atoms with E-state index in [1.807, 2.05) is 30.3 Å². The largest absolute Gasteiger partial charge is 0.445 e. The van der Waals surface area contributed by atoms with Crippen molar-refractivity contribution in [2.75, 3.05) is 13.1 Å². The van der Waals surface area contributed by atoms with E-state index in [0.717, 1.165) is 5.56 Å². The van der Waals surface area contributed by atoms with E-state index in [9.17, 15) is 13.2 Å². The van der Waals surface area contributed by atoms with E-state index < -0.39 is 28.7 Å². The van der Waals surface area contributed by atoms with E-state index in [4.69, 9.17) is 13.1 Å². The van der Waals surface area contributed by atoms with Gasteiger partial charge in [0.25, 0.3) is 0 Å². The number of benzene rings is 1. The van der Waals surface area contributed by atoms with E-state index in [2.05, 4.69) is 0 Å². The molecule has 0 saturated carbocycles. The molecule has 21 heavy (non-hydrogen) atoms. The van der Waals surface area contributed by atoms with Crippen LogP contribution in [0.25, 0.3) is 0 Å². The molecule has 0 radical (unpaired) electrons. The standard InChI is InChI=1S/C13H15NO6S/c15-13(18-9-10-4-2-1-3-5-10)14-7-6-11-12(8-14)20-21(16,17)19-11/h1-5,11-12H,6-9H2. The Labute approximate surface area is 122 Å². The normalized spacial score (nSPS) is 27.1. The number of hydrogen-bond donors (Lipinski definition) is 0. The van der Waals surface area contributed by atoms with Crippen molar-refractivity contribution in [2.24, 2.45) is 0 Å². The van der Waals surface area contributed by atoms with Crippen LogP contribution in [-0.2, 0) is 30.1 Å². The molecule has 1 aromatic rings. The van der Waals surface area contributed by atoms with Crippen LogP contribution in [0.4, 0.5) is 4.79 Å². The maximum atomic E-state index is 12.0. The molecule has 2 fully saturated rings. The molecule has 2 unspecified atom stereocenters. The zero-order valence-electron chi connectivity index (χ0n) is 11.2. The van der Waals surface area contributed by atoms with Crippen molar-refractivity contribution in [1.82, 2.24) is 4.90 Å². The summed E-state index contributed by atoms with van der Waals surface area (Å²) in [6.45, 7) is 0.713. The molecular formula is C13H15NO6S. The Morgan fingerprint density at radius 3 is 2.71 bits per heavy atom. The topological polar surface area (TPSA) is 82.1 Å². The second-order valence-electron chi connectivity index (χ2n) is 4.95. The summed E-state index contributed by atoms with van der Waals surface area (Å²) in [5.41, 5.74) is 0.892. The average molecular weight is 313 g/mol. The van der Waals surface area contributed by atoms with E-state index in [1.54, 1.807) is 0 Å². The molecular weight excluding hydrogens is 298 g/mol. The van der Waals surface area contributed by atoms with Crippen molar-refractivity contribution >= 4 is 16.5 Å². The molecule has 0 spiro atoms. The van der Waals surface area contributed by atoms with E-state index in [1.165, 1.54) is 4.90 Å². The first-order valence-electron chi connectivity index (χ1n) is 6.61. The quantitative estimate of drug-likeness (QED) is 0.812. The van der Waals surface area contributed by atoms with Crippen LogP contribution in [0.2, 0.25) is 0 Å². The van der Waals surface area contributed by atoms with E-state index in [0.29, 0.717) is 13.0 Å². The van der Waals surface area contributed by atoms with Gasteiger partial charge < -0.3 is 9.64 Å². The number of likely N-dealkylation sites (tertiary alicyclic amines) is 1. The summed E-state index contributed by atoms with van der Waals surface area (Å²) in [6, 6.07) is 9.33. The lowest BCUT2D eigenvalue weighted by atomic mass is 10.1. The lowest BCUT2D eigenvalue weighted by molar-refractivity contribution is 0.0357. The predicted octanol–water partition coefficient (Wildman–Crippen LogP) is 1.06. The first-order valence-corrected chi connectivity index (χ1v) is 7.94. The predicted molar refractivity (Wildman–Crippen MR) is 71.5 cm³/mol. The molecule has 2 atom stereocenters. The first-order chi connectivity index (χ1) is 10.0. The number of nitrogens with zero attached hydrogens (tertiary/aromatic N) is 1. The number of fused-ring (bicyclic) bond motifs is 1. The van der Waals surface area contributed by atoms with Crippen molar-refractivity contribution in [3.8, 4) is 0 Å². The number of rotatable bonds is 2. The number of hydrogen-bond acceptors (Lipinski definition) is 6. The van der Waals surface area contributed by atoms with E-state index >= 15 is 0 Å². The number of piperidine rings is 1. The van der Waals surface area contributed by atoms with Crippen LogP contribution >= 0.6 is 0 Å². The zero-order chi connectivity index (χ0) is 14.9. The third kappa shape index (κ3) is 3.34. The van der Waals surface area contributed by atoms with Gasteiger partial charge in [0.1, 0.15) is 18.8 Å². The summed E-state index contributed by atoms with van der Waals surface area (Å²) in [7, 11) is -3.91. The van der Waals surface area contributed by atoms with Gasteiger partial charge in [0.2, 0.25) is 0 Å². The molecule has 0 aromatic heterocycles. The smallest absolute Gasteiger partial charge is 0.410 e. The number of amides is 1. The van der Waals surface area contributed by atoms with Gasteiger partial charge in [-0.05, 0) is 12.0 Å². The molecule has 3 rings (SSSR count). The Balaban J connectivity index is 1.55. The molecule has 1 aromatic carbocycles. The second kappa shape index (κ2) is 5.63. The fourth-order valence-corrected chi connectivity index (χ4v) is 3.46. The van der Waals surface area contributed by atoms with Crippen molar-refractivity contribution < 1.29 is 26.3 Å². The highest BCUT2D eigenvalue weighted by molar-refractivity contribution is 7.82. The van der Waals surface area contributed by atoms with Crippen LogP contribution in [0.15, 0.2) is 30.3 Å². The van der Waals surface area contributed by atoms with Gasteiger partial charge >= 0.3 is 16.5 Å². The molecule has 2 aliphatic rings. The van der Waals surface area contributed by atoms with Gasteiger partial charge in [-0.1, -0.05) is 30.3 Å². The number of carbonyl (C=O) groups is 1. The van der Waals surface area contributed by atoms with Gasteiger partial charge in [-0.3, -0.25) is 0 Å². The van der Waals surface area contributed by atoms with Crippen molar-refractivity contribution in [1.29, 1.82) is 0 Å². The van der Waals surface area contributed by atoms with Gasteiger partial charge in [0, 0.05) is 6.54 Å².